The summed E-state index contributed by atoms with van der Waals surface area (Å²) in [4.78, 5) is 0. The summed E-state index contributed by atoms with van der Waals surface area (Å²) in [5.41, 5.74) is 5.07. The third kappa shape index (κ3) is 2.47. The second kappa shape index (κ2) is 6.37. The molecule has 28 heavy (non-hydrogen) atoms. The number of fused-ring (bicyclic) bond motifs is 3. The molecule has 0 aliphatic carbocycles. The molecule has 0 atom stereocenters. The van der Waals surface area contributed by atoms with Crippen molar-refractivity contribution in [3.63, 3.8) is 0 Å². The minimum atomic E-state index is -0.351. The molecule has 132 valence electrons. The lowest BCUT2D eigenvalue weighted by molar-refractivity contribution is 0.628. The van der Waals surface area contributed by atoms with Crippen LogP contribution >= 0.6 is 0 Å². The van der Waals surface area contributed by atoms with Gasteiger partial charge in [-0.1, -0.05) is 48.5 Å². The number of halogens is 1. The molecule has 5 aromatic rings. The van der Waals surface area contributed by atoms with Gasteiger partial charge in [-0.05, 0) is 48.0 Å². The van der Waals surface area contributed by atoms with E-state index < -0.39 is 0 Å². The maximum absolute atomic E-state index is 13.8. The van der Waals surface area contributed by atoms with Gasteiger partial charge in [0.25, 0.3) is 0 Å². The van der Waals surface area contributed by atoms with Crippen molar-refractivity contribution in [2.24, 2.45) is 0 Å². The van der Waals surface area contributed by atoms with E-state index in [1.165, 1.54) is 29.0 Å². The topological polar surface area (TPSA) is 28.7 Å². The molecule has 0 radical (unpaired) electrons. The molecule has 0 fully saturated rings. The number of benzene rings is 4. The van der Waals surface area contributed by atoms with Gasteiger partial charge in [0.1, 0.15) is 5.82 Å². The average Bonchev–Trinajstić information content (AvgIpc) is 3.08. The molecular weight excluding hydrogens is 347 g/mol. The average molecular weight is 362 g/mol. The largest absolute Gasteiger partial charge is 0.309 e. The van der Waals surface area contributed by atoms with E-state index in [0.29, 0.717) is 11.1 Å². The van der Waals surface area contributed by atoms with Crippen LogP contribution in [0.3, 0.4) is 0 Å². The number of nitrogens with zero attached hydrogens (tertiary/aromatic N) is 2. The molecule has 1 heterocycles. The van der Waals surface area contributed by atoms with Crippen LogP contribution in [0.1, 0.15) is 5.56 Å². The molecule has 0 aliphatic heterocycles. The van der Waals surface area contributed by atoms with E-state index in [2.05, 4.69) is 34.9 Å². The Bertz CT molecular complexity index is 1340. The number of rotatable bonds is 2. The Morgan fingerprint density at radius 1 is 0.714 bits per heavy atom. The second-order valence-electron chi connectivity index (χ2n) is 6.72. The zero-order valence-electron chi connectivity index (χ0n) is 14.9. The van der Waals surface area contributed by atoms with Crippen LogP contribution in [0.4, 0.5) is 4.39 Å². The summed E-state index contributed by atoms with van der Waals surface area (Å²) in [7, 11) is 0. The molecule has 5 rings (SSSR count). The van der Waals surface area contributed by atoms with Gasteiger partial charge in [-0.15, -0.1) is 0 Å². The van der Waals surface area contributed by atoms with Crippen LogP contribution in [0, 0.1) is 17.1 Å². The summed E-state index contributed by atoms with van der Waals surface area (Å²) in [6.45, 7) is 0. The Kier molecular flexibility index (Phi) is 3.70. The van der Waals surface area contributed by atoms with Crippen molar-refractivity contribution in [2.75, 3.05) is 0 Å². The highest BCUT2D eigenvalue weighted by atomic mass is 19.1. The summed E-state index contributed by atoms with van der Waals surface area (Å²) < 4.78 is 16.1. The Labute approximate surface area is 161 Å². The van der Waals surface area contributed by atoms with E-state index in [9.17, 15) is 9.65 Å². The Morgan fingerprint density at radius 2 is 1.39 bits per heavy atom. The van der Waals surface area contributed by atoms with Crippen LogP contribution in [0.15, 0.2) is 91.0 Å². The van der Waals surface area contributed by atoms with Gasteiger partial charge in [0.15, 0.2) is 0 Å². The molecule has 0 saturated carbocycles. The van der Waals surface area contributed by atoms with Crippen molar-refractivity contribution in [1.82, 2.24) is 4.57 Å². The fraction of sp³-hybridized carbons (Fsp3) is 0. The lowest BCUT2D eigenvalue weighted by atomic mass is 9.99. The smallest absolute Gasteiger partial charge is 0.123 e. The number of nitriles is 1. The number of hydrogen-bond acceptors (Lipinski definition) is 1. The van der Waals surface area contributed by atoms with Crippen LogP contribution in [0.2, 0.25) is 0 Å². The predicted octanol–water partition coefficient (Wildman–Crippen LogP) is 6.46. The van der Waals surface area contributed by atoms with E-state index in [0.717, 1.165) is 22.3 Å². The molecule has 0 unspecified atom stereocenters. The van der Waals surface area contributed by atoms with Gasteiger partial charge >= 0.3 is 0 Å². The maximum Gasteiger partial charge on any atom is 0.123 e. The zero-order valence-corrected chi connectivity index (χ0v) is 14.9. The van der Waals surface area contributed by atoms with Crippen LogP contribution in [-0.4, -0.2) is 4.57 Å². The van der Waals surface area contributed by atoms with Gasteiger partial charge < -0.3 is 4.57 Å². The van der Waals surface area contributed by atoms with Crippen molar-refractivity contribution in [2.45, 2.75) is 0 Å². The van der Waals surface area contributed by atoms with Crippen molar-refractivity contribution >= 4 is 21.8 Å². The molecule has 0 saturated heterocycles. The van der Waals surface area contributed by atoms with E-state index in [1.807, 2.05) is 48.5 Å². The summed E-state index contributed by atoms with van der Waals surface area (Å²) in [5, 5.41) is 11.8. The van der Waals surface area contributed by atoms with Crippen molar-refractivity contribution in [3.05, 3.63) is 102 Å². The SMILES string of the molecule is N#Cc1ccc(F)cc1-c1cccc(-n2c3ccccc3c3ccccc32)c1. The zero-order chi connectivity index (χ0) is 19.1. The number of para-hydroxylation sites is 2. The highest BCUT2D eigenvalue weighted by Crippen LogP contribution is 2.33. The van der Waals surface area contributed by atoms with Crippen LogP contribution in [0.5, 0.6) is 0 Å². The molecule has 4 aromatic carbocycles. The van der Waals surface area contributed by atoms with Crippen LogP contribution in [0.25, 0.3) is 38.6 Å². The first-order valence-corrected chi connectivity index (χ1v) is 9.05. The van der Waals surface area contributed by atoms with Crippen LogP contribution < -0.4 is 0 Å². The van der Waals surface area contributed by atoms with Crippen molar-refractivity contribution < 1.29 is 4.39 Å². The summed E-state index contributed by atoms with van der Waals surface area (Å²) in [6.07, 6.45) is 0. The quantitative estimate of drug-likeness (QED) is 0.354. The third-order valence-corrected chi connectivity index (χ3v) is 5.10. The fourth-order valence-electron chi connectivity index (χ4n) is 3.87. The van der Waals surface area contributed by atoms with Gasteiger partial charge in [0.05, 0.1) is 22.7 Å². The fourth-order valence-corrected chi connectivity index (χ4v) is 3.87. The maximum atomic E-state index is 13.8. The second-order valence-corrected chi connectivity index (χ2v) is 6.72. The van der Waals surface area contributed by atoms with Gasteiger partial charge in [-0.3, -0.25) is 0 Å². The van der Waals surface area contributed by atoms with Gasteiger partial charge in [-0.25, -0.2) is 4.39 Å². The van der Waals surface area contributed by atoms with E-state index in [4.69, 9.17) is 0 Å². The lowest BCUT2D eigenvalue weighted by Crippen LogP contribution is -1.95. The van der Waals surface area contributed by atoms with E-state index >= 15 is 0 Å². The molecule has 0 spiro atoms. The summed E-state index contributed by atoms with van der Waals surface area (Å²) in [5.74, 6) is -0.351. The standard InChI is InChI=1S/C25H15FN2/c26-19-13-12-18(16-27)23(15-19)17-6-5-7-20(14-17)28-24-10-3-1-8-21(24)22-9-2-4-11-25(22)28/h1-15H. The molecule has 0 amide bonds. The van der Waals surface area contributed by atoms with Gasteiger partial charge in [0.2, 0.25) is 0 Å². The molecule has 3 heteroatoms. The van der Waals surface area contributed by atoms with Crippen molar-refractivity contribution in [1.29, 1.82) is 5.26 Å². The Hall–Kier alpha value is -3.90. The molecular formula is C25H15FN2. The van der Waals surface area contributed by atoms with Crippen LogP contribution in [-0.2, 0) is 0 Å². The lowest BCUT2D eigenvalue weighted by Gasteiger charge is -2.11. The van der Waals surface area contributed by atoms with Crippen molar-refractivity contribution in [3.8, 4) is 22.9 Å². The third-order valence-electron chi connectivity index (χ3n) is 5.10. The predicted molar refractivity (Wildman–Crippen MR) is 111 cm³/mol. The highest BCUT2D eigenvalue weighted by Gasteiger charge is 2.13. The molecule has 0 N–H and O–H groups in total. The monoisotopic (exact) mass is 362 g/mol. The van der Waals surface area contributed by atoms with E-state index in [-0.39, 0.29) is 5.82 Å². The minimum Gasteiger partial charge on any atom is -0.309 e. The normalized spacial score (nSPS) is 11.0. The number of hydrogen-bond donors (Lipinski definition) is 0. The molecule has 1 aromatic heterocycles. The first-order chi connectivity index (χ1) is 13.8. The first kappa shape index (κ1) is 16.3. The van der Waals surface area contributed by atoms with E-state index in [1.54, 1.807) is 0 Å². The Morgan fingerprint density at radius 3 is 2.07 bits per heavy atom. The Balaban J connectivity index is 1.80. The molecule has 0 aliphatic rings. The highest BCUT2D eigenvalue weighted by molar-refractivity contribution is 6.09. The molecule has 0 bridgehead atoms. The number of aromatic nitrogens is 1. The minimum absolute atomic E-state index is 0.351. The summed E-state index contributed by atoms with van der Waals surface area (Å²) in [6, 6.07) is 30.9. The van der Waals surface area contributed by atoms with Gasteiger partial charge in [-0.2, -0.15) is 5.26 Å². The summed E-state index contributed by atoms with van der Waals surface area (Å²) >= 11 is 0. The first-order valence-electron chi connectivity index (χ1n) is 9.05. The van der Waals surface area contributed by atoms with Gasteiger partial charge in [0, 0.05) is 22.0 Å². The molecule has 2 nitrogen and oxygen atoms in total.